The predicted octanol–water partition coefficient (Wildman–Crippen LogP) is 5.36. The Hall–Kier alpha value is -3.27. The summed E-state index contributed by atoms with van der Waals surface area (Å²) >= 11 is 6.39. The molecule has 3 amide bonds. The molecular weight excluding hydrogens is 489 g/mol. The fourth-order valence-corrected chi connectivity index (χ4v) is 3.86. The van der Waals surface area contributed by atoms with E-state index < -0.39 is 35.2 Å². The van der Waals surface area contributed by atoms with Crippen LogP contribution in [0, 0.1) is 6.92 Å². The first-order valence-corrected chi connectivity index (χ1v) is 11.1. The van der Waals surface area contributed by atoms with Crippen LogP contribution in [0.15, 0.2) is 36.4 Å². The fourth-order valence-electron chi connectivity index (χ4n) is 3.54. The SMILES string of the molecule is CCOC(=O)C(C)(C)Oc1c(C)cc(CN2C(=O)CN(c3ccc(C(F)(F)F)cc3)C2=O)cc1Cl. The Bertz CT molecular complexity index is 1130. The number of anilines is 1. The van der Waals surface area contributed by atoms with Crippen LogP contribution >= 0.6 is 11.6 Å². The summed E-state index contributed by atoms with van der Waals surface area (Å²) in [4.78, 5) is 39.6. The van der Waals surface area contributed by atoms with Crippen LogP contribution in [-0.4, -0.2) is 41.6 Å². The quantitative estimate of drug-likeness (QED) is 0.369. The Kier molecular flexibility index (Phi) is 7.35. The molecule has 188 valence electrons. The number of esters is 1. The van der Waals surface area contributed by atoms with Gasteiger partial charge in [-0.1, -0.05) is 17.7 Å². The highest BCUT2D eigenvalue weighted by atomic mass is 35.5. The van der Waals surface area contributed by atoms with Crippen molar-refractivity contribution in [3.05, 3.63) is 58.1 Å². The summed E-state index contributed by atoms with van der Waals surface area (Å²) in [5, 5.41) is 0.177. The monoisotopic (exact) mass is 512 g/mol. The second kappa shape index (κ2) is 9.77. The summed E-state index contributed by atoms with van der Waals surface area (Å²) in [7, 11) is 0. The first kappa shape index (κ1) is 26.3. The second-order valence-electron chi connectivity index (χ2n) is 8.45. The summed E-state index contributed by atoms with van der Waals surface area (Å²) in [6, 6.07) is 6.54. The third-order valence-corrected chi connectivity index (χ3v) is 5.60. The van der Waals surface area contributed by atoms with Gasteiger partial charge in [0.05, 0.1) is 23.7 Å². The molecule has 1 saturated heterocycles. The zero-order valence-electron chi connectivity index (χ0n) is 19.5. The van der Waals surface area contributed by atoms with Gasteiger partial charge in [0.25, 0.3) is 5.91 Å². The topological polar surface area (TPSA) is 76.2 Å². The molecule has 3 rings (SSSR count). The molecule has 35 heavy (non-hydrogen) atoms. The summed E-state index contributed by atoms with van der Waals surface area (Å²) in [6.45, 7) is 6.27. The Balaban J connectivity index is 1.77. The van der Waals surface area contributed by atoms with Crippen LogP contribution in [0.1, 0.15) is 37.5 Å². The first-order chi connectivity index (χ1) is 16.2. The van der Waals surface area contributed by atoms with E-state index in [1.165, 1.54) is 6.07 Å². The number of carbonyl (C=O) groups excluding carboxylic acids is 3. The number of aryl methyl sites for hydroxylation is 1. The number of halogens is 4. The molecular formula is C24H24ClF3N2O5. The van der Waals surface area contributed by atoms with Gasteiger partial charge < -0.3 is 9.47 Å². The zero-order valence-corrected chi connectivity index (χ0v) is 20.3. The molecule has 0 spiro atoms. The van der Waals surface area contributed by atoms with Crippen LogP contribution < -0.4 is 9.64 Å². The number of benzene rings is 2. The van der Waals surface area contributed by atoms with Crippen molar-refractivity contribution < 1.29 is 37.0 Å². The molecule has 1 heterocycles. The number of carbonyl (C=O) groups is 3. The number of amides is 3. The van der Waals surface area contributed by atoms with Gasteiger partial charge in [-0.2, -0.15) is 13.2 Å². The van der Waals surface area contributed by atoms with E-state index in [0.29, 0.717) is 11.1 Å². The van der Waals surface area contributed by atoms with Gasteiger partial charge in [0.1, 0.15) is 12.3 Å². The average molecular weight is 513 g/mol. The molecule has 2 aromatic rings. The maximum absolute atomic E-state index is 12.9. The normalized spacial score (nSPS) is 14.5. The number of ether oxygens (including phenoxy) is 2. The highest BCUT2D eigenvalue weighted by molar-refractivity contribution is 6.32. The van der Waals surface area contributed by atoms with E-state index in [-0.39, 0.29) is 36.2 Å². The van der Waals surface area contributed by atoms with Gasteiger partial charge in [0.2, 0.25) is 0 Å². The Morgan fingerprint density at radius 3 is 2.29 bits per heavy atom. The number of hydrogen-bond acceptors (Lipinski definition) is 5. The molecule has 0 unspecified atom stereocenters. The van der Waals surface area contributed by atoms with E-state index >= 15 is 0 Å². The van der Waals surface area contributed by atoms with Crippen molar-refractivity contribution in [2.24, 2.45) is 0 Å². The van der Waals surface area contributed by atoms with E-state index in [1.54, 1.807) is 33.8 Å². The van der Waals surface area contributed by atoms with Crippen LogP contribution in [-0.2, 0) is 27.0 Å². The molecule has 1 aliphatic heterocycles. The molecule has 1 fully saturated rings. The van der Waals surface area contributed by atoms with E-state index in [4.69, 9.17) is 21.1 Å². The van der Waals surface area contributed by atoms with E-state index in [0.717, 1.165) is 34.1 Å². The lowest BCUT2D eigenvalue weighted by molar-refractivity contribution is -0.158. The number of hydrogen-bond donors (Lipinski definition) is 0. The molecule has 0 aliphatic carbocycles. The minimum absolute atomic E-state index is 0.100. The minimum Gasteiger partial charge on any atom is -0.474 e. The van der Waals surface area contributed by atoms with Gasteiger partial charge >= 0.3 is 18.2 Å². The van der Waals surface area contributed by atoms with Gasteiger partial charge in [-0.25, -0.2) is 9.59 Å². The lowest BCUT2D eigenvalue weighted by atomic mass is 10.1. The lowest BCUT2D eigenvalue weighted by Crippen LogP contribution is -2.40. The van der Waals surface area contributed by atoms with E-state index in [2.05, 4.69) is 0 Å². The molecule has 7 nitrogen and oxygen atoms in total. The van der Waals surface area contributed by atoms with Crippen molar-refractivity contribution in [2.75, 3.05) is 18.1 Å². The second-order valence-corrected chi connectivity index (χ2v) is 8.86. The predicted molar refractivity (Wildman–Crippen MR) is 122 cm³/mol. The summed E-state index contributed by atoms with van der Waals surface area (Å²) in [5.74, 6) is -0.803. The molecule has 0 radical (unpaired) electrons. The van der Waals surface area contributed by atoms with Crippen LogP contribution in [0.4, 0.5) is 23.7 Å². The average Bonchev–Trinajstić information content (AvgIpc) is 3.04. The molecule has 2 aromatic carbocycles. The maximum Gasteiger partial charge on any atom is 0.416 e. The molecule has 0 N–H and O–H groups in total. The molecule has 0 saturated carbocycles. The van der Waals surface area contributed by atoms with Crippen molar-refractivity contribution in [3.8, 4) is 5.75 Å². The molecule has 11 heteroatoms. The third kappa shape index (κ3) is 5.70. The van der Waals surface area contributed by atoms with Gasteiger partial charge in [-0.05, 0) is 69.2 Å². The highest BCUT2D eigenvalue weighted by Crippen LogP contribution is 2.35. The van der Waals surface area contributed by atoms with Gasteiger partial charge in [-0.15, -0.1) is 0 Å². The summed E-state index contributed by atoms with van der Waals surface area (Å²) < 4.78 is 49.3. The Labute approximate surface area is 205 Å². The van der Waals surface area contributed by atoms with Crippen LogP contribution in [0.25, 0.3) is 0 Å². The molecule has 0 bridgehead atoms. The van der Waals surface area contributed by atoms with Crippen molar-refractivity contribution >= 4 is 35.2 Å². The van der Waals surface area contributed by atoms with Crippen molar-refractivity contribution in [1.82, 2.24) is 4.90 Å². The number of imide groups is 1. The van der Waals surface area contributed by atoms with Crippen molar-refractivity contribution in [2.45, 2.75) is 46.0 Å². The smallest absolute Gasteiger partial charge is 0.416 e. The Morgan fingerprint density at radius 2 is 1.74 bits per heavy atom. The fraction of sp³-hybridized carbons (Fsp3) is 0.375. The number of nitrogens with zero attached hydrogens (tertiary/aromatic N) is 2. The van der Waals surface area contributed by atoms with E-state index in [1.807, 2.05) is 0 Å². The first-order valence-electron chi connectivity index (χ1n) is 10.7. The van der Waals surface area contributed by atoms with Gasteiger partial charge in [0.15, 0.2) is 5.60 Å². The molecule has 0 aromatic heterocycles. The summed E-state index contributed by atoms with van der Waals surface area (Å²) in [6.07, 6.45) is -4.51. The molecule has 0 atom stereocenters. The van der Waals surface area contributed by atoms with Gasteiger partial charge in [-0.3, -0.25) is 14.6 Å². The van der Waals surface area contributed by atoms with Crippen LogP contribution in [0.2, 0.25) is 5.02 Å². The number of alkyl halides is 3. The van der Waals surface area contributed by atoms with Gasteiger partial charge in [0, 0.05) is 5.69 Å². The highest BCUT2D eigenvalue weighted by Gasteiger charge is 2.38. The van der Waals surface area contributed by atoms with Crippen LogP contribution in [0.3, 0.4) is 0 Å². The van der Waals surface area contributed by atoms with E-state index in [9.17, 15) is 27.6 Å². The lowest BCUT2D eigenvalue weighted by Gasteiger charge is -2.26. The minimum atomic E-state index is -4.51. The Morgan fingerprint density at radius 1 is 1.11 bits per heavy atom. The van der Waals surface area contributed by atoms with Crippen molar-refractivity contribution in [3.63, 3.8) is 0 Å². The summed E-state index contributed by atoms with van der Waals surface area (Å²) in [5.41, 5.74) is -0.865. The maximum atomic E-state index is 12.9. The zero-order chi connectivity index (χ0) is 26.1. The number of rotatable bonds is 7. The number of urea groups is 1. The van der Waals surface area contributed by atoms with Crippen molar-refractivity contribution in [1.29, 1.82) is 0 Å². The standard InChI is InChI=1S/C24H24ClF3N2O5/c1-5-34-21(32)23(3,4)35-20-14(2)10-15(11-18(20)25)12-30-19(31)13-29(22(30)33)17-8-6-16(7-9-17)24(26,27)28/h6-11H,5,12-13H2,1-4H3. The third-order valence-electron chi connectivity index (χ3n) is 5.32. The largest absolute Gasteiger partial charge is 0.474 e. The molecule has 1 aliphatic rings. The van der Waals surface area contributed by atoms with Crippen LogP contribution in [0.5, 0.6) is 5.75 Å².